The van der Waals surface area contributed by atoms with Crippen LogP contribution in [0.25, 0.3) is 0 Å². The van der Waals surface area contributed by atoms with Gasteiger partial charge in [-0.25, -0.2) is 0 Å². The lowest BCUT2D eigenvalue weighted by atomic mass is 10.0. The lowest BCUT2D eigenvalue weighted by Gasteiger charge is -2.11. The van der Waals surface area contributed by atoms with Gasteiger partial charge in [0.2, 0.25) is 0 Å². The van der Waals surface area contributed by atoms with E-state index in [9.17, 15) is 4.79 Å². The summed E-state index contributed by atoms with van der Waals surface area (Å²) in [5.41, 5.74) is 1.23. The quantitative estimate of drug-likeness (QED) is 0.474. The fourth-order valence-corrected chi connectivity index (χ4v) is 2.90. The lowest BCUT2D eigenvalue weighted by molar-refractivity contribution is -0.141. The molecule has 2 rings (SSSR count). The van der Waals surface area contributed by atoms with Crippen LogP contribution in [0.3, 0.4) is 0 Å². The van der Waals surface area contributed by atoms with Crippen LogP contribution in [0.2, 0.25) is 0 Å². The molecule has 2 atom stereocenters. The Kier molecular flexibility index (Phi) is 6.34. The number of hydrogen-bond donors (Lipinski definition) is 0. The number of esters is 1. The van der Waals surface area contributed by atoms with E-state index in [2.05, 4.69) is 12.1 Å². The molecule has 2 heterocycles. The Hall–Kier alpha value is -1.06. The third-order valence-electron chi connectivity index (χ3n) is 4.13. The highest BCUT2D eigenvalue weighted by Crippen LogP contribution is 2.23. The Morgan fingerprint density at radius 1 is 1.15 bits per heavy atom. The van der Waals surface area contributed by atoms with Crippen molar-refractivity contribution in [3.63, 3.8) is 0 Å². The average Bonchev–Trinajstić information content (AvgIpc) is 3.05. The van der Waals surface area contributed by atoms with Crippen molar-refractivity contribution in [3.05, 3.63) is 0 Å². The molecule has 4 nitrogen and oxygen atoms in total. The maximum absolute atomic E-state index is 11.0. The van der Waals surface area contributed by atoms with Crippen molar-refractivity contribution in [1.82, 2.24) is 0 Å². The van der Waals surface area contributed by atoms with Crippen LogP contribution in [0.4, 0.5) is 0 Å². The van der Waals surface area contributed by atoms with Crippen LogP contribution in [-0.2, 0) is 14.4 Å². The maximum atomic E-state index is 11.0. The van der Waals surface area contributed by atoms with Crippen molar-refractivity contribution < 1.29 is 14.4 Å². The highest BCUT2D eigenvalue weighted by Gasteiger charge is 2.24. The molecular weight excluding hydrogens is 254 g/mol. The van der Waals surface area contributed by atoms with Crippen LogP contribution in [0, 0.1) is 0 Å². The van der Waals surface area contributed by atoms with Gasteiger partial charge >= 0.3 is 5.97 Å². The normalized spacial score (nSPS) is 25.4. The van der Waals surface area contributed by atoms with E-state index in [1.54, 1.807) is 0 Å². The van der Waals surface area contributed by atoms with Crippen molar-refractivity contribution in [3.8, 4) is 0 Å². The maximum Gasteiger partial charge on any atom is 0.306 e. The van der Waals surface area contributed by atoms with E-state index >= 15 is 0 Å². The van der Waals surface area contributed by atoms with E-state index < -0.39 is 0 Å². The summed E-state index contributed by atoms with van der Waals surface area (Å²) in [4.78, 5) is 16.5. The van der Waals surface area contributed by atoms with Gasteiger partial charge in [0, 0.05) is 12.8 Å². The third kappa shape index (κ3) is 5.14. The Balaban J connectivity index is 1.50. The first kappa shape index (κ1) is 15.3. The van der Waals surface area contributed by atoms with Crippen molar-refractivity contribution in [2.75, 3.05) is 0 Å². The van der Waals surface area contributed by atoms with Gasteiger partial charge in [-0.1, -0.05) is 31.3 Å². The van der Waals surface area contributed by atoms with Crippen molar-refractivity contribution in [1.29, 1.82) is 0 Å². The molecular formula is C16H27NO3. The molecule has 20 heavy (non-hydrogen) atoms. The molecule has 2 aliphatic heterocycles. The molecule has 2 unspecified atom stereocenters. The predicted molar refractivity (Wildman–Crippen MR) is 78.6 cm³/mol. The zero-order valence-corrected chi connectivity index (χ0v) is 12.6. The Morgan fingerprint density at radius 3 is 2.75 bits per heavy atom. The van der Waals surface area contributed by atoms with Crippen LogP contribution in [0.5, 0.6) is 0 Å². The van der Waals surface area contributed by atoms with Gasteiger partial charge in [-0.3, -0.25) is 4.79 Å². The third-order valence-corrected chi connectivity index (χ3v) is 4.13. The summed E-state index contributed by atoms with van der Waals surface area (Å²) >= 11 is 0. The second-order valence-electron chi connectivity index (χ2n) is 5.98. The molecule has 114 valence electrons. The van der Waals surface area contributed by atoms with Gasteiger partial charge < -0.3 is 9.57 Å². The van der Waals surface area contributed by atoms with Gasteiger partial charge in [0.15, 0.2) is 0 Å². The second kappa shape index (κ2) is 8.28. The average molecular weight is 281 g/mol. The minimum Gasteiger partial charge on any atom is -0.462 e. The zero-order valence-electron chi connectivity index (χ0n) is 12.6. The molecule has 0 aromatic carbocycles. The van der Waals surface area contributed by atoms with Gasteiger partial charge in [-0.05, 0) is 38.5 Å². The summed E-state index contributed by atoms with van der Waals surface area (Å²) in [5.74, 6) is -0.0372. The van der Waals surface area contributed by atoms with Crippen LogP contribution < -0.4 is 0 Å². The summed E-state index contributed by atoms with van der Waals surface area (Å²) < 4.78 is 5.21. The second-order valence-corrected chi connectivity index (χ2v) is 5.98. The first-order valence-electron chi connectivity index (χ1n) is 8.19. The number of cyclic esters (lactones) is 1. The Bertz CT molecular complexity index is 341. The molecule has 0 aromatic rings. The van der Waals surface area contributed by atoms with Gasteiger partial charge in [0.1, 0.15) is 12.2 Å². The Morgan fingerprint density at radius 2 is 2.00 bits per heavy atom. The summed E-state index contributed by atoms with van der Waals surface area (Å²) in [6.45, 7) is 2.23. The SMILES string of the molecule is CCCCCCC1=NOC(CCCC2CCC(=O)O2)C1. The number of carbonyl (C=O) groups excluding carboxylic acids is 1. The molecule has 0 spiro atoms. The molecule has 0 N–H and O–H groups in total. The molecule has 0 radical (unpaired) electrons. The predicted octanol–water partition coefficient (Wildman–Crippen LogP) is 3.98. The topological polar surface area (TPSA) is 47.9 Å². The number of ether oxygens (including phenoxy) is 1. The highest BCUT2D eigenvalue weighted by atomic mass is 16.6. The minimum absolute atomic E-state index is 0.0372. The van der Waals surface area contributed by atoms with Crippen LogP contribution >= 0.6 is 0 Å². The number of oxime groups is 1. The number of hydrogen-bond acceptors (Lipinski definition) is 4. The fraction of sp³-hybridized carbons (Fsp3) is 0.875. The van der Waals surface area contributed by atoms with Gasteiger partial charge in [-0.2, -0.15) is 0 Å². The first-order chi connectivity index (χ1) is 9.78. The molecule has 0 aliphatic carbocycles. The van der Waals surface area contributed by atoms with Crippen molar-refractivity contribution >= 4 is 11.7 Å². The standard InChI is InChI=1S/C16H27NO3/c1-2-3-4-5-7-13-12-15(20-17-13)9-6-8-14-10-11-16(18)19-14/h14-15H,2-12H2,1H3. The number of carbonyl (C=O) groups is 1. The number of nitrogens with zero attached hydrogens (tertiary/aromatic N) is 1. The Labute approximate surface area is 121 Å². The first-order valence-corrected chi connectivity index (χ1v) is 8.19. The summed E-state index contributed by atoms with van der Waals surface area (Å²) in [6, 6.07) is 0. The van der Waals surface area contributed by atoms with Gasteiger partial charge in [0.05, 0.1) is 5.71 Å². The molecule has 0 aromatic heterocycles. The van der Waals surface area contributed by atoms with Crippen LogP contribution in [-0.4, -0.2) is 23.9 Å². The molecule has 1 saturated heterocycles. The molecule has 0 saturated carbocycles. The van der Waals surface area contributed by atoms with Crippen molar-refractivity contribution in [2.45, 2.75) is 89.8 Å². The highest BCUT2D eigenvalue weighted by molar-refractivity contribution is 5.85. The minimum atomic E-state index is -0.0372. The number of rotatable bonds is 9. The summed E-state index contributed by atoms with van der Waals surface area (Å²) in [7, 11) is 0. The lowest BCUT2D eigenvalue weighted by Crippen LogP contribution is -2.11. The number of unbranched alkanes of at least 4 members (excludes halogenated alkanes) is 3. The van der Waals surface area contributed by atoms with Gasteiger partial charge in [-0.15, -0.1) is 0 Å². The molecule has 0 amide bonds. The van der Waals surface area contributed by atoms with Crippen LogP contribution in [0.15, 0.2) is 5.16 Å². The van der Waals surface area contributed by atoms with E-state index in [-0.39, 0.29) is 18.2 Å². The monoisotopic (exact) mass is 281 g/mol. The largest absolute Gasteiger partial charge is 0.462 e. The van der Waals surface area contributed by atoms with E-state index in [4.69, 9.17) is 9.57 Å². The van der Waals surface area contributed by atoms with Gasteiger partial charge in [0.25, 0.3) is 0 Å². The summed E-state index contributed by atoms with van der Waals surface area (Å²) in [5, 5.41) is 4.21. The van der Waals surface area contributed by atoms with E-state index in [0.29, 0.717) is 6.42 Å². The fourth-order valence-electron chi connectivity index (χ4n) is 2.90. The molecule has 0 bridgehead atoms. The summed E-state index contributed by atoms with van der Waals surface area (Å²) in [6.07, 6.45) is 12.2. The molecule has 2 aliphatic rings. The van der Waals surface area contributed by atoms with Crippen LogP contribution in [0.1, 0.15) is 77.6 Å². The van der Waals surface area contributed by atoms with E-state index in [1.807, 2.05) is 0 Å². The van der Waals surface area contributed by atoms with E-state index in [1.165, 1.54) is 31.4 Å². The van der Waals surface area contributed by atoms with Crippen molar-refractivity contribution in [2.24, 2.45) is 5.16 Å². The molecule has 1 fully saturated rings. The zero-order chi connectivity index (χ0) is 14.2. The smallest absolute Gasteiger partial charge is 0.306 e. The van der Waals surface area contributed by atoms with E-state index in [0.717, 1.165) is 38.5 Å². The molecule has 4 heteroatoms.